The summed E-state index contributed by atoms with van der Waals surface area (Å²) in [5, 5.41) is 0. The van der Waals surface area contributed by atoms with E-state index in [9.17, 15) is 26.4 Å². The van der Waals surface area contributed by atoms with Crippen LogP contribution in [0.4, 0.5) is 13.2 Å². The van der Waals surface area contributed by atoms with Gasteiger partial charge in [0.25, 0.3) is 10.1 Å². The van der Waals surface area contributed by atoms with Crippen molar-refractivity contribution >= 4 is 16.1 Å². The zero-order valence-electron chi connectivity index (χ0n) is 15.6. The summed E-state index contributed by atoms with van der Waals surface area (Å²) in [5.41, 5.74) is -1.37. The second-order valence-corrected chi connectivity index (χ2v) is 8.36. The molecule has 1 saturated carbocycles. The van der Waals surface area contributed by atoms with Crippen LogP contribution in [-0.4, -0.2) is 43.3 Å². The maximum atomic E-state index is 12.7. The van der Waals surface area contributed by atoms with Gasteiger partial charge < -0.3 is 14.2 Å². The highest BCUT2D eigenvalue weighted by Gasteiger charge is 2.34. The highest BCUT2D eigenvalue weighted by atomic mass is 32.2. The molecule has 160 valence electrons. The molecule has 1 aromatic rings. The van der Waals surface area contributed by atoms with Crippen LogP contribution in [0.2, 0.25) is 0 Å². The summed E-state index contributed by atoms with van der Waals surface area (Å²) in [7, 11) is -4.33. The highest BCUT2D eigenvalue weighted by molar-refractivity contribution is 7.85. The Morgan fingerprint density at radius 2 is 1.86 bits per heavy atom. The molecule has 0 atom stereocenters. The van der Waals surface area contributed by atoms with Crippen molar-refractivity contribution in [3.05, 3.63) is 23.8 Å². The lowest BCUT2D eigenvalue weighted by Crippen LogP contribution is -2.27. The van der Waals surface area contributed by atoms with E-state index in [1.165, 1.54) is 0 Å². The largest absolute Gasteiger partial charge is 0.573 e. The Kier molecular flexibility index (Phi) is 6.70. The number of carbonyl (C=O) groups excluding carboxylic acids is 1. The smallest absolute Gasteiger partial charge is 0.471 e. The highest BCUT2D eigenvalue weighted by Crippen LogP contribution is 2.35. The molecule has 0 saturated heterocycles. The van der Waals surface area contributed by atoms with Crippen molar-refractivity contribution in [1.82, 2.24) is 0 Å². The third-order valence-corrected chi connectivity index (χ3v) is 4.18. The number of ether oxygens (including phenoxy) is 3. The topological polar surface area (TPSA) is 99.1 Å². The minimum Gasteiger partial charge on any atom is -0.471 e. The Labute approximate surface area is 165 Å². The van der Waals surface area contributed by atoms with Crippen LogP contribution in [0, 0.1) is 17.8 Å². The van der Waals surface area contributed by atoms with E-state index in [1.54, 1.807) is 13.8 Å². The monoisotopic (exact) mass is 436 g/mol. The van der Waals surface area contributed by atoms with Gasteiger partial charge in [-0.05, 0) is 44.9 Å². The molecule has 0 heterocycles. The van der Waals surface area contributed by atoms with E-state index in [0.29, 0.717) is 0 Å². The number of hydrogen-bond donors (Lipinski definition) is 1. The zero-order chi connectivity index (χ0) is 21.9. The molecule has 29 heavy (non-hydrogen) atoms. The van der Waals surface area contributed by atoms with E-state index < -0.39 is 46.2 Å². The lowest BCUT2D eigenvalue weighted by molar-refractivity contribution is -0.275. The van der Waals surface area contributed by atoms with E-state index in [1.807, 2.05) is 0 Å². The summed E-state index contributed by atoms with van der Waals surface area (Å²) in [6.07, 6.45) is -3.08. The van der Waals surface area contributed by atoms with Gasteiger partial charge in [-0.15, -0.1) is 13.2 Å². The molecule has 1 N–H and O–H groups in total. The number of halogens is 3. The standard InChI is InChI=1S/C18H19F3O7S/c1-17(2,8-7-12-3-4-12)27-15-11-13(5-6-14(15)28-18(19,20)21)16(22)26-9-10-29(23,24)25/h5-6,11-12H,3-4,9-10H2,1-2H3,(H,23,24,25). The first kappa shape index (κ1) is 22.8. The Balaban J connectivity index is 2.23. The molecule has 0 unspecified atom stereocenters. The summed E-state index contributed by atoms with van der Waals surface area (Å²) >= 11 is 0. The summed E-state index contributed by atoms with van der Waals surface area (Å²) in [4.78, 5) is 12.0. The predicted molar refractivity (Wildman–Crippen MR) is 95.0 cm³/mol. The first-order valence-electron chi connectivity index (χ1n) is 8.48. The number of carbonyl (C=O) groups is 1. The average molecular weight is 436 g/mol. The van der Waals surface area contributed by atoms with Crippen LogP contribution in [0.3, 0.4) is 0 Å². The average Bonchev–Trinajstić information content (AvgIpc) is 3.36. The van der Waals surface area contributed by atoms with Gasteiger partial charge in [0.2, 0.25) is 0 Å². The Morgan fingerprint density at radius 3 is 2.41 bits per heavy atom. The van der Waals surface area contributed by atoms with Crippen LogP contribution in [0.1, 0.15) is 37.0 Å². The fourth-order valence-corrected chi connectivity index (χ4v) is 2.34. The number of esters is 1. The number of benzene rings is 1. The van der Waals surface area contributed by atoms with Gasteiger partial charge in [-0.1, -0.05) is 11.8 Å². The number of hydrogen-bond acceptors (Lipinski definition) is 6. The molecular weight excluding hydrogens is 417 g/mol. The third kappa shape index (κ3) is 8.62. The van der Waals surface area contributed by atoms with E-state index in [-0.39, 0.29) is 17.2 Å². The molecule has 0 aromatic heterocycles. The van der Waals surface area contributed by atoms with Gasteiger partial charge in [0.05, 0.1) is 5.56 Å². The molecule has 2 rings (SSSR count). The fraction of sp³-hybridized carbons (Fsp3) is 0.500. The van der Waals surface area contributed by atoms with Crippen molar-refractivity contribution < 1.29 is 45.1 Å². The van der Waals surface area contributed by atoms with Crippen molar-refractivity contribution in [3.63, 3.8) is 0 Å². The molecule has 0 amide bonds. The third-order valence-electron chi connectivity index (χ3n) is 3.50. The molecular formula is C18H19F3O7S. The molecule has 0 spiro atoms. The van der Waals surface area contributed by atoms with Crippen LogP contribution in [0.15, 0.2) is 18.2 Å². The maximum Gasteiger partial charge on any atom is 0.573 e. The summed E-state index contributed by atoms with van der Waals surface area (Å²) in [6, 6.07) is 2.87. The second kappa shape index (κ2) is 8.51. The molecule has 0 bridgehead atoms. The molecule has 7 nitrogen and oxygen atoms in total. The van der Waals surface area contributed by atoms with Crippen molar-refractivity contribution in [3.8, 4) is 23.3 Å². The summed E-state index contributed by atoms with van der Waals surface area (Å²) in [5.74, 6) is 3.14. The lowest BCUT2D eigenvalue weighted by Gasteiger charge is -2.23. The fourth-order valence-electron chi connectivity index (χ4n) is 2.05. The van der Waals surface area contributed by atoms with Crippen molar-refractivity contribution in [2.45, 2.75) is 38.7 Å². The van der Waals surface area contributed by atoms with Gasteiger partial charge in [-0.25, -0.2) is 4.79 Å². The van der Waals surface area contributed by atoms with Gasteiger partial charge in [0.1, 0.15) is 12.4 Å². The first-order valence-corrected chi connectivity index (χ1v) is 10.1. The summed E-state index contributed by atoms with van der Waals surface area (Å²) in [6.45, 7) is 2.47. The molecule has 1 aliphatic rings. The normalized spacial score (nSPS) is 14.6. The van der Waals surface area contributed by atoms with Crippen molar-refractivity contribution in [2.24, 2.45) is 5.92 Å². The molecule has 0 aliphatic heterocycles. The van der Waals surface area contributed by atoms with Gasteiger partial charge in [0.15, 0.2) is 17.1 Å². The summed E-state index contributed by atoms with van der Waals surface area (Å²) < 4.78 is 82.2. The second-order valence-electron chi connectivity index (χ2n) is 6.79. The van der Waals surface area contributed by atoms with Crippen LogP contribution in [0.25, 0.3) is 0 Å². The van der Waals surface area contributed by atoms with E-state index in [0.717, 1.165) is 31.0 Å². The van der Waals surface area contributed by atoms with E-state index in [4.69, 9.17) is 14.0 Å². The SMILES string of the molecule is CC(C)(C#CC1CC1)Oc1cc(C(=O)OCCS(=O)(=O)O)ccc1OC(F)(F)F. The van der Waals surface area contributed by atoms with Crippen LogP contribution < -0.4 is 9.47 Å². The lowest BCUT2D eigenvalue weighted by atomic mass is 10.1. The molecule has 1 aliphatic carbocycles. The van der Waals surface area contributed by atoms with Crippen molar-refractivity contribution in [1.29, 1.82) is 0 Å². The quantitative estimate of drug-likeness (QED) is 0.398. The molecule has 1 fully saturated rings. The van der Waals surface area contributed by atoms with Gasteiger partial charge in [0, 0.05) is 5.92 Å². The van der Waals surface area contributed by atoms with Crippen LogP contribution in [0.5, 0.6) is 11.5 Å². The van der Waals surface area contributed by atoms with Gasteiger partial charge in [-0.2, -0.15) is 8.42 Å². The number of alkyl halides is 3. The minimum atomic E-state index is -4.99. The molecule has 11 heteroatoms. The maximum absolute atomic E-state index is 12.7. The number of rotatable bonds is 7. The predicted octanol–water partition coefficient (Wildman–Crippen LogP) is 3.20. The van der Waals surface area contributed by atoms with Gasteiger partial charge >= 0.3 is 12.3 Å². The van der Waals surface area contributed by atoms with Crippen LogP contribution in [-0.2, 0) is 14.9 Å². The Morgan fingerprint density at radius 1 is 1.21 bits per heavy atom. The van der Waals surface area contributed by atoms with E-state index >= 15 is 0 Å². The van der Waals surface area contributed by atoms with Crippen LogP contribution >= 0.6 is 0 Å². The Hall–Kier alpha value is -2.45. The molecule has 1 aromatic carbocycles. The first-order chi connectivity index (χ1) is 13.2. The molecule has 0 radical (unpaired) electrons. The van der Waals surface area contributed by atoms with Gasteiger partial charge in [-0.3, -0.25) is 4.55 Å². The Bertz CT molecular complexity index is 923. The van der Waals surface area contributed by atoms with E-state index in [2.05, 4.69) is 16.6 Å². The van der Waals surface area contributed by atoms with Crippen molar-refractivity contribution in [2.75, 3.05) is 12.4 Å². The zero-order valence-corrected chi connectivity index (χ0v) is 16.4. The minimum absolute atomic E-state index is 0.198.